The lowest BCUT2D eigenvalue weighted by atomic mass is 10.1. The van der Waals surface area contributed by atoms with Gasteiger partial charge >= 0.3 is 0 Å². The maximum absolute atomic E-state index is 5.53. The highest BCUT2D eigenvalue weighted by Crippen LogP contribution is 2.35. The fourth-order valence-electron chi connectivity index (χ4n) is 2.56. The van der Waals surface area contributed by atoms with Gasteiger partial charge in [-0.15, -0.1) is 0 Å². The Balaban J connectivity index is 1.65. The van der Waals surface area contributed by atoms with Crippen LogP contribution in [0, 0.1) is 0 Å². The predicted molar refractivity (Wildman–Crippen MR) is 74.3 cm³/mol. The summed E-state index contributed by atoms with van der Waals surface area (Å²) in [5.74, 6) is 3.10. The monoisotopic (exact) mass is 265 g/mol. The molecule has 0 radical (unpaired) electrons. The Labute approximate surface area is 112 Å². The summed E-state index contributed by atoms with van der Waals surface area (Å²) in [7, 11) is 0. The van der Waals surface area contributed by atoms with Crippen LogP contribution in [0.4, 0.5) is 0 Å². The topological polar surface area (TPSA) is 30.5 Å². The standard InChI is InChI=1S/C14H19NO2S/c1-10-12(5-3-7-18-10)15-8-11-4-2-6-13-14(11)17-9-16-13/h2,4,6,10,12,15H,3,5,7-9H2,1H3. The van der Waals surface area contributed by atoms with Crippen LogP contribution in [-0.4, -0.2) is 23.8 Å². The molecule has 2 unspecified atom stereocenters. The lowest BCUT2D eigenvalue weighted by Gasteiger charge is -2.29. The lowest BCUT2D eigenvalue weighted by Crippen LogP contribution is -2.38. The maximum Gasteiger partial charge on any atom is 0.231 e. The molecule has 0 spiro atoms. The van der Waals surface area contributed by atoms with E-state index >= 15 is 0 Å². The Bertz CT molecular complexity index is 424. The number of thioether (sulfide) groups is 1. The van der Waals surface area contributed by atoms with Crippen LogP contribution in [0.1, 0.15) is 25.3 Å². The van der Waals surface area contributed by atoms with Gasteiger partial charge in [0.2, 0.25) is 6.79 Å². The molecule has 3 rings (SSSR count). The van der Waals surface area contributed by atoms with Crippen molar-refractivity contribution in [2.24, 2.45) is 0 Å². The van der Waals surface area contributed by atoms with E-state index in [-0.39, 0.29) is 0 Å². The highest BCUT2D eigenvalue weighted by molar-refractivity contribution is 7.99. The number of benzene rings is 1. The molecule has 0 aliphatic carbocycles. The summed E-state index contributed by atoms with van der Waals surface area (Å²) in [6, 6.07) is 6.72. The second-order valence-corrected chi connectivity index (χ2v) is 6.34. The largest absolute Gasteiger partial charge is 0.454 e. The van der Waals surface area contributed by atoms with Crippen molar-refractivity contribution in [3.8, 4) is 11.5 Å². The number of nitrogens with one attached hydrogen (secondary N) is 1. The second kappa shape index (κ2) is 5.41. The molecule has 1 saturated heterocycles. The summed E-state index contributed by atoms with van der Waals surface area (Å²) < 4.78 is 10.9. The first-order valence-corrected chi connectivity index (χ1v) is 7.62. The van der Waals surface area contributed by atoms with Crippen LogP contribution in [-0.2, 0) is 6.54 Å². The van der Waals surface area contributed by atoms with E-state index in [9.17, 15) is 0 Å². The average molecular weight is 265 g/mol. The average Bonchev–Trinajstić information content (AvgIpc) is 2.86. The van der Waals surface area contributed by atoms with Crippen molar-refractivity contribution in [2.45, 2.75) is 37.6 Å². The molecule has 3 nitrogen and oxygen atoms in total. The van der Waals surface area contributed by atoms with E-state index in [2.05, 4.69) is 30.1 Å². The minimum Gasteiger partial charge on any atom is -0.454 e. The van der Waals surface area contributed by atoms with E-state index in [0.717, 1.165) is 18.0 Å². The summed E-state index contributed by atoms with van der Waals surface area (Å²) in [6.07, 6.45) is 2.60. The van der Waals surface area contributed by atoms with Gasteiger partial charge in [-0.1, -0.05) is 19.1 Å². The summed E-state index contributed by atoms with van der Waals surface area (Å²) in [5, 5.41) is 4.36. The van der Waals surface area contributed by atoms with Gasteiger partial charge in [0.1, 0.15) is 0 Å². The molecule has 1 aromatic carbocycles. The number of para-hydroxylation sites is 1. The molecule has 1 fully saturated rings. The summed E-state index contributed by atoms with van der Waals surface area (Å²) in [6.45, 7) is 3.53. The normalized spacial score (nSPS) is 26.3. The third kappa shape index (κ3) is 2.45. The van der Waals surface area contributed by atoms with Crippen LogP contribution < -0.4 is 14.8 Å². The molecule has 1 aromatic rings. The zero-order valence-electron chi connectivity index (χ0n) is 10.6. The van der Waals surface area contributed by atoms with Gasteiger partial charge in [-0.2, -0.15) is 11.8 Å². The van der Waals surface area contributed by atoms with E-state index in [1.54, 1.807) is 0 Å². The molecule has 2 aliphatic rings. The molecule has 0 aromatic heterocycles. The number of ether oxygens (including phenoxy) is 2. The molecular weight excluding hydrogens is 246 g/mol. The Morgan fingerprint density at radius 1 is 1.39 bits per heavy atom. The van der Waals surface area contributed by atoms with Crippen molar-refractivity contribution >= 4 is 11.8 Å². The van der Waals surface area contributed by atoms with E-state index < -0.39 is 0 Å². The minimum absolute atomic E-state index is 0.349. The number of fused-ring (bicyclic) bond motifs is 1. The highest BCUT2D eigenvalue weighted by atomic mass is 32.2. The fraction of sp³-hybridized carbons (Fsp3) is 0.571. The molecular formula is C14H19NO2S. The fourth-order valence-corrected chi connectivity index (χ4v) is 3.73. The Morgan fingerprint density at radius 3 is 3.22 bits per heavy atom. The molecule has 2 aliphatic heterocycles. The van der Waals surface area contributed by atoms with Gasteiger partial charge in [0.25, 0.3) is 0 Å². The number of hydrogen-bond acceptors (Lipinski definition) is 4. The van der Waals surface area contributed by atoms with Crippen LogP contribution in [0.2, 0.25) is 0 Å². The van der Waals surface area contributed by atoms with Crippen molar-refractivity contribution in [1.82, 2.24) is 5.32 Å². The van der Waals surface area contributed by atoms with Crippen LogP contribution in [0.5, 0.6) is 11.5 Å². The highest BCUT2D eigenvalue weighted by Gasteiger charge is 2.22. The molecule has 2 heterocycles. The summed E-state index contributed by atoms with van der Waals surface area (Å²) >= 11 is 2.07. The van der Waals surface area contributed by atoms with Crippen LogP contribution in [0.3, 0.4) is 0 Å². The van der Waals surface area contributed by atoms with E-state index in [1.807, 2.05) is 12.1 Å². The zero-order chi connectivity index (χ0) is 12.4. The first-order valence-electron chi connectivity index (χ1n) is 6.57. The zero-order valence-corrected chi connectivity index (χ0v) is 11.5. The molecule has 0 bridgehead atoms. The van der Waals surface area contributed by atoms with Crippen molar-refractivity contribution in [3.05, 3.63) is 23.8 Å². The smallest absolute Gasteiger partial charge is 0.231 e. The van der Waals surface area contributed by atoms with Gasteiger partial charge in [-0.25, -0.2) is 0 Å². The van der Waals surface area contributed by atoms with E-state index in [1.165, 1.54) is 24.2 Å². The van der Waals surface area contributed by atoms with Crippen LogP contribution in [0.25, 0.3) is 0 Å². The van der Waals surface area contributed by atoms with Crippen LogP contribution >= 0.6 is 11.8 Å². The second-order valence-electron chi connectivity index (χ2n) is 4.86. The van der Waals surface area contributed by atoms with E-state index in [0.29, 0.717) is 18.1 Å². The third-order valence-electron chi connectivity index (χ3n) is 3.64. The molecule has 1 N–H and O–H groups in total. The van der Waals surface area contributed by atoms with Crippen molar-refractivity contribution < 1.29 is 9.47 Å². The van der Waals surface area contributed by atoms with Gasteiger partial charge < -0.3 is 14.8 Å². The lowest BCUT2D eigenvalue weighted by molar-refractivity contribution is 0.173. The van der Waals surface area contributed by atoms with Gasteiger partial charge in [0.15, 0.2) is 11.5 Å². The quantitative estimate of drug-likeness (QED) is 0.910. The molecule has 18 heavy (non-hydrogen) atoms. The van der Waals surface area contributed by atoms with Crippen LogP contribution in [0.15, 0.2) is 18.2 Å². The van der Waals surface area contributed by atoms with Crippen molar-refractivity contribution in [2.75, 3.05) is 12.5 Å². The Kier molecular flexibility index (Phi) is 3.66. The van der Waals surface area contributed by atoms with Gasteiger partial charge in [-0.3, -0.25) is 0 Å². The maximum atomic E-state index is 5.53. The summed E-state index contributed by atoms with van der Waals surface area (Å²) in [4.78, 5) is 0. The molecule has 0 amide bonds. The number of rotatable bonds is 3. The Morgan fingerprint density at radius 2 is 2.33 bits per heavy atom. The van der Waals surface area contributed by atoms with Crippen molar-refractivity contribution in [3.63, 3.8) is 0 Å². The number of hydrogen-bond donors (Lipinski definition) is 1. The Hall–Kier alpha value is -0.870. The van der Waals surface area contributed by atoms with Gasteiger partial charge in [0, 0.05) is 23.4 Å². The summed E-state index contributed by atoms with van der Waals surface area (Å²) in [5.41, 5.74) is 1.20. The first kappa shape index (κ1) is 12.2. The minimum atomic E-state index is 0.349. The van der Waals surface area contributed by atoms with Crippen molar-refractivity contribution in [1.29, 1.82) is 0 Å². The van der Waals surface area contributed by atoms with E-state index in [4.69, 9.17) is 9.47 Å². The molecule has 98 valence electrons. The third-order valence-corrected chi connectivity index (χ3v) is 5.02. The molecule has 4 heteroatoms. The predicted octanol–water partition coefficient (Wildman–Crippen LogP) is 2.79. The molecule has 2 atom stereocenters. The SMILES string of the molecule is CC1SCCCC1NCc1cccc2c1OCO2. The molecule has 0 saturated carbocycles. The first-order chi connectivity index (χ1) is 8.84. The van der Waals surface area contributed by atoms with Gasteiger partial charge in [-0.05, 0) is 24.7 Å². The van der Waals surface area contributed by atoms with Gasteiger partial charge in [0.05, 0.1) is 0 Å².